The molecule has 0 aromatic carbocycles. The van der Waals surface area contributed by atoms with Crippen molar-refractivity contribution in [2.24, 2.45) is 5.41 Å². The van der Waals surface area contributed by atoms with Crippen LogP contribution in [0.3, 0.4) is 0 Å². The fraction of sp³-hybridized carbons (Fsp3) is 1.00. The molecule has 6 heteroatoms. The lowest BCUT2D eigenvalue weighted by molar-refractivity contribution is 0.0264. The van der Waals surface area contributed by atoms with Crippen LogP contribution < -0.4 is 10.0 Å². The highest BCUT2D eigenvalue weighted by molar-refractivity contribution is 7.90. The van der Waals surface area contributed by atoms with Crippen LogP contribution in [-0.2, 0) is 14.8 Å². The van der Waals surface area contributed by atoms with Crippen LogP contribution in [-0.4, -0.2) is 46.0 Å². The Morgan fingerprint density at radius 3 is 2.53 bits per heavy atom. The first-order valence-electron chi connectivity index (χ1n) is 7.21. The number of rotatable bonds is 7. The Labute approximate surface area is 116 Å². The van der Waals surface area contributed by atoms with E-state index in [0.29, 0.717) is 19.1 Å². The summed E-state index contributed by atoms with van der Waals surface area (Å²) in [6, 6.07) is 0.547. The van der Waals surface area contributed by atoms with E-state index in [1.54, 1.807) is 6.92 Å². The van der Waals surface area contributed by atoms with E-state index in [-0.39, 0.29) is 10.7 Å². The van der Waals surface area contributed by atoms with E-state index < -0.39 is 10.0 Å². The van der Waals surface area contributed by atoms with Crippen molar-refractivity contribution in [3.63, 3.8) is 0 Å². The second-order valence-corrected chi connectivity index (χ2v) is 8.47. The number of hydrogen-bond donors (Lipinski definition) is 2. The standard InChI is InChI=1S/C13H26N2O3S/c1-11(9-14-12-3-4-12)19(16,17)15-10-13(2)5-7-18-8-6-13/h11-12,14-15H,3-10H2,1-2H3. The highest BCUT2D eigenvalue weighted by atomic mass is 32.2. The first-order valence-corrected chi connectivity index (χ1v) is 8.76. The molecule has 2 fully saturated rings. The van der Waals surface area contributed by atoms with Gasteiger partial charge in [0.25, 0.3) is 0 Å². The van der Waals surface area contributed by atoms with Gasteiger partial charge in [0.1, 0.15) is 0 Å². The Morgan fingerprint density at radius 1 is 1.32 bits per heavy atom. The molecule has 0 aromatic rings. The van der Waals surface area contributed by atoms with Crippen LogP contribution >= 0.6 is 0 Å². The quantitative estimate of drug-likeness (QED) is 0.730. The van der Waals surface area contributed by atoms with Crippen molar-refractivity contribution in [3.8, 4) is 0 Å². The van der Waals surface area contributed by atoms with Crippen LogP contribution in [0.4, 0.5) is 0 Å². The molecule has 1 unspecified atom stereocenters. The van der Waals surface area contributed by atoms with E-state index in [1.165, 1.54) is 12.8 Å². The normalized spacial score (nSPS) is 25.2. The highest BCUT2D eigenvalue weighted by Crippen LogP contribution is 2.29. The third-order valence-electron chi connectivity index (χ3n) is 4.20. The van der Waals surface area contributed by atoms with Crippen LogP contribution in [0.2, 0.25) is 0 Å². The van der Waals surface area contributed by atoms with Gasteiger partial charge in [-0.05, 0) is 38.0 Å². The van der Waals surface area contributed by atoms with Gasteiger partial charge < -0.3 is 10.1 Å². The molecular weight excluding hydrogens is 264 g/mol. The molecule has 5 nitrogen and oxygen atoms in total. The second-order valence-electron chi connectivity index (χ2n) is 6.28. The van der Waals surface area contributed by atoms with Gasteiger partial charge in [0.2, 0.25) is 10.0 Å². The first-order chi connectivity index (χ1) is 8.91. The fourth-order valence-electron chi connectivity index (χ4n) is 2.19. The maximum absolute atomic E-state index is 12.2. The van der Waals surface area contributed by atoms with Crippen LogP contribution in [0, 0.1) is 5.41 Å². The molecule has 2 aliphatic rings. The molecular formula is C13H26N2O3S. The van der Waals surface area contributed by atoms with E-state index in [0.717, 1.165) is 26.1 Å². The number of nitrogens with one attached hydrogen (secondary N) is 2. The Hall–Kier alpha value is -0.170. The lowest BCUT2D eigenvalue weighted by Gasteiger charge is -2.33. The van der Waals surface area contributed by atoms with Crippen LogP contribution in [0.5, 0.6) is 0 Å². The Bertz CT molecular complexity index is 387. The Balaban J connectivity index is 1.78. The zero-order chi connectivity index (χ0) is 13.9. The minimum Gasteiger partial charge on any atom is -0.381 e. The number of sulfonamides is 1. The SMILES string of the molecule is CC(CNC1CC1)S(=O)(=O)NCC1(C)CCOCC1. The van der Waals surface area contributed by atoms with Crippen molar-refractivity contribution in [1.82, 2.24) is 10.0 Å². The van der Waals surface area contributed by atoms with Gasteiger partial charge in [-0.2, -0.15) is 0 Å². The molecule has 1 aliphatic carbocycles. The molecule has 0 amide bonds. The summed E-state index contributed by atoms with van der Waals surface area (Å²) in [5, 5.41) is 2.89. The summed E-state index contributed by atoms with van der Waals surface area (Å²) in [6.07, 6.45) is 4.20. The lowest BCUT2D eigenvalue weighted by Crippen LogP contribution is -2.44. The largest absolute Gasteiger partial charge is 0.381 e. The Kier molecular flexibility index (Phi) is 4.87. The van der Waals surface area contributed by atoms with E-state index >= 15 is 0 Å². The lowest BCUT2D eigenvalue weighted by atomic mass is 9.83. The van der Waals surface area contributed by atoms with Crippen LogP contribution in [0.15, 0.2) is 0 Å². The van der Waals surface area contributed by atoms with Gasteiger partial charge in [0.05, 0.1) is 5.25 Å². The summed E-state index contributed by atoms with van der Waals surface area (Å²) >= 11 is 0. The van der Waals surface area contributed by atoms with Crippen molar-refractivity contribution in [2.75, 3.05) is 26.3 Å². The third-order valence-corrected chi connectivity index (χ3v) is 5.97. The van der Waals surface area contributed by atoms with E-state index in [1.807, 2.05) is 0 Å². The fourth-order valence-corrected chi connectivity index (χ4v) is 3.34. The molecule has 0 spiro atoms. The molecule has 0 radical (unpaired) electrons. The van der Waals surface area contributed by atoms with Gasteiger partial charge in [0.15, 0.2) is 0 Å². The summed E-state index contributed by atoms with van der Waals surface area (Å²) in [5.74, 6) is 0. The van der Waals surface area contributed by atoms with Crippen molar-refractivity contribution in [3.05, 3.63) is 0 Å². The zero-order valence-electron chi connectivity index (χ0n) is 11.9. The van der Waals surface area contributed by atoms with Crippen molar-refractivity contribution in [1.29, 1.82) is 0 Å². The molecule has 0 aromatic heterocycles. The monoisotopic (exact) mass is 290 g/mol. The second kappa shape index (κ2) is 6.08. The number of ether oxygens (including phenoxy) is 1. The first kappa shape index (κ1) is 15.2. The predicted octanol–water partition coefficient (Wildman–Crippen LogP) is 0.863. The molecule has 1 heterocycles. The average Bonchev–Trinajstić information content (AvgIpc) is 3.19. The van der Waals surface area contributed by atoms with Crippen LogP contribution in [0.25, 0.3) is 0 Å². The van der Waals surface area contributed by atoms with Gasteiger partial charge in [-0.15, -0.1) is 0 Å². The zero-order valence-corrected chi connectivity index (χ0v) is 12.8. The third kappa shape index (κ3) is 4.70. The topological polar surface area (TPSA) is 67.4 Å². The van der Waals surface area contributed by atoms with E-state index in [4.69, 9.17) is 4.74 Å². The summed E-state index contributed by atoms with van der Waals surface area (Å²) < 4.78 is 32.5. The maximum Gasteiger partial charge on any atom is 0.215 e. The Morgan fingerprint density at radius 2 is 1.95 bits per heavy atom. The van der Waals surface area contributed by atoms with Crippen LogP contribution in [0.1, 0.15) is 39.5 Å². The minimum atomic E-state index is -3.22. The molecule has 19 heavy (non-hydrogen) atoms. The van der Waals surface area contributed by atoms with Gasteiger partial charge in [-0.3, -0.25) is 0 Å². The molecule has 2 N–H and O–H groups in total. The summed E-state index contributed by atoms with van der Waals surface area (Å²) in [5.41, 5.74) is 0.0367. The molecule has 1 atom stereocenters. The molecule has 2 rings (SSSR count). The highest BCUT2D eigenvalue weighted by Gasteiger charge is 2.31. The van der Waals surface area contributed by atoms with Gasteiger partial charge in [0, 0.05) is 32.3 Å². The van der Waals surface area contributed by atoms with Crippen molar-refractivity contribution >= 4 is 10.0 Å². The van der Waals surface area contributed by atoms with E-state index in [9.17, 15) is 8.42 Å². The van der Waals surface area contributed by atoms with Gasteiger partial charge >= 0.3 is 0 Å². The molecule has 1 saturated carbocycles. The molecule has 1 saturated heterocycles. The molecule has 0 bridgehead atoms. The van der Waals surface area contributed by atoms with E-state index in [2.05, 4.69) is 17.0 Å². The maximum atomic E-state index is 12.2. The summed E-state index contributed by atoms with van der Waals surface area (Å²) in [7, 11) is -3.22. The predicted molar refractivity (Wildman–Crippen MR) is 75.6 cm³/mol. The minimum absolute atomic E-state index is 0.0367. The van der Waals surface area contributed by atoms with Crippen molar-refractivity contribution in [2.45, 2.75) is 50.8 Å². The summed E-state index contributed by atoms with van der Waals surface area (Å²) in [6.45, 7) is 6.43. The average molecular weight is 290 g/mol. The van der Waals surface area contributed by atoms with Crippen molar-refractivity contribution < 1.29 is 13.2 Å². The smallest absolute Gasteiger partial charge is 0.215 e. The summed E-state index contributed by atoms with van der Waals surface area (Å²) in [4.78, 5) is 0. The molecule has 1 aliphatic heterocycles. The van der Waals surface area contributed by atoms with Gasteiger partial charge in [-0.25, -0.2) is 13.1 Å². The van der Waals surface area contributed by atoms with Gasteiger partial charge in [-0.1, -0.05) is 6.92 Å². The molecule has 112 valence electrons. The number of hydrogen-bond acceptors (Lipinski definition) is 4.